The zero-order chi connectivity index (χ0) is 33.8. The van der Waals surface area contributed by atoms with E-state index in [0.29, 0.717) is 22.3 Å². The van der Waals surface area contributed by atoms with Crippen LogP contribution in [-0.2, 0) is 32.6 Å². The average Bonchev–Trinajstić information content (AvgIpc) is 3.07. The lowest BCUT2D eigenvalue weighted by molar-refractivity contribution is -0.140. The SMILES string of the molecule is CCCCNC(=O)[C@@H](Cc1ccccc1)N(Cc1ccc(Cl)cc1)C(=O)CN(c1ccccc1OCC)S(=O)(=O)c1ccc(Cl)cc1. The Morgan fingerprint density at radius 3 is 2.06 bits per heavy atom. The van der Waals surface area contributed by atoms with Gasteiger partial charge in [-0.1, -0.05) is 91.1 Å². The van der Waals surface area contributed by atoms with Crippen molar-refractivity contribution in [2.45, 2.75) is 50.6 Å². The number of rotatable bonds is 16. The molecule has 0 aliphatic heterocycles. The number of carbonyl (C=O) groups excluding carboxylic acids is 2. The molecule has 248 valence electrons. The highest BCUT2D eigenvalue weighted by atomic mass is 35.5. The van der Waals surface area contributed by atoms with Crippen LogP contribution in [0, 0.1) is 0 Å². The average molecular weight is 697 g/mol. The number of amides is 2. The van der Waals surface area contributed by atoms with Gasteiger partial charge in [0.05, 0.1) is 17.2 Å². The fourth-order valence-corrected chi connectivity index (χ4v) is 6.71. The summed E-state index contributed by atoms with van der Waals surface area (Å²) >= 11 is 12.2. The number of ether oxygens (including phenoxy) is 1. The van der Waals surface area contributed by atoms with Crippen LogP contribution in [0.4, 0.5) is 5.69 Å². The standard InChI is InChI=1S/C36H39Cl2N3O5S/c1-3-5-23-39-36(43)33(24-27-11-7-6-8-12-27)40(25-28-15-17-29(37)18-16-28)35(42)26-41(32-13-9-10-14-34(32)46-4-2)47(44,45)31-21-19-30(38)20-22-31/h6-22,33H,3-5,23-26H2,1-2H3,(H,39,43)/t33-/m1/s1. The highest BCUT2D eigenvalue weighted by molar-refractivity contribution is 7.92. The molecule has 2 amide bonds. The van der Waals surface area contributed by atoms with Crippen molar-refractivity contribution < 1.29 is 22.7 Å². The van der Waals surface area contributed by atoms with Crippen molar-refractivity contribution in [3.8, 4) is 5.75 Å². The summed E-state index contributed by atoms with van der Waals surface area (Å²) in [5.41, 5.74) is 1.77. The molecule has 4 aromatic carbocycles. The van der Waals surface area contributed by atoms with Crippen molar-refractivity contribution in [3.05, 3.63) is 124 Å². The molecule has 0 aliphatic rings. The molecule has 0 bridgehead atoms. The highest BCUT2D eigenvalue weighted by Crippen LogP contribution is 2.33. The highest BCUT2D eigenvalue weighted by Gasteiger charge is 2.35. The van der Waals surface area contributed by atoms with E-state index in [9.17, 15) is 18.0 Å². The lowest BCUT2D eigenvalue weighted by atomic mass is 10.0. The number of nitrogens with one attached hydrogen (secondary N) is 1. The molecule has 1 N–H and O–H groups in total. The number of unbranched alkanes of at least 4 members (excludes halogenated alkanes) is 1. The third-order valence-corrected chi connectivity index (χ3v) is 9.76. The molecule has 4 aromatic rings. The maximum atomic E-state index is 14.6. The van der Waals surface area contributed by atoms with Gasteiger partial charge in [0.15, 0.2) is 0 Å². The Morgan fingerprint density at radius 1 is 0.809 bits per heavy atom. The Hall–Kier alpha value is -4.05. The van der Waals surface area contributed by atoms with Crippen LogP contribution in [0.2, 0.25) is 10.0 Å². The van der Waals surface area contributed by atoms with Crippen molar-refractivity contribution in [1.82, 2.24) is 10.2 Å². The van der Waals surface area contributed by atoms with Gasteiger partial charge in [-0.25, -0.2) is 8.42 Å². The minimum Gasteiger partial charge on any atom is -0.492 e. The summed E-state index contributed by atoms with van der Waals surface area (Å²) in [6, 6.07) is 27.8. The number of benzene rings is 4. The Balaban J connectivity index is 1.82. The number of halogens is 2. The minimum absolute atomic E-state index is 0.0383. The van der Waals surface area contributed by atoms with Crippen molar-refractivity contribution in [2.75, 3.05) is 24.0 Å². The van der Waals surface area contributed by atoms with Gasteiger partial charge in [0.25, 0.3) is 10.0 Å². The first kappa shape index (κ1) is 35.8. The van der Waals surface area contributed by atoms with Crippen LogP contribution >= 0.6 is 23.2 Å². The van der Waals surface area contributed by atoms with Gasteiger partial charge in [-0.15, -0.1) is 0 Å². The molecule has 0 heterocycles. The smallest absolute Gasteiger partial charge is 0.264 e. The molecular formula is C36H39Cl2N3O5S. The van der Waals surface area contributed by atoms with Gasteiger partial charge in [-0.3, -0.25) is 13.9 Å². The van der Waals surface area contributed by atoms with E-state index in [2.05, 4.69) is 5.32 Å². The summed E-state index contributed by atoms with van der Waals surface area (Å²) in [5.74, 6) is -0.607. The molecular weight excluding hydrogens is 657 g/mol. The second-order valence-corrected chi connectivity index (χ2v) is 13.6. The number of para-hydroxylation sites is 2. The molecule has 0 fully saturated rings. The van der Waals surface area contributed by atoms with Crippen molar-refractivity contribution in [2.24, 2.45) is 0 Å². The molecule has 47 heavy (non-hydrogen) atoms. The summed E-state index contributed by atoms with van der Waals surface area (Å²) in [5, 5.41) is 3.88. The molecule has 4 rings (SSSR count). The summed E-state index contributed by atoms with van der Waals surface area (Å²) in [6.45, 7) is 3.98. The van der Waals surface area contributed by atoms with E-state index in [1.165, 1.54) is 29.2 Å². The summed E-state index contributed by atoms with van der Waals surface area (Å²) in [4.78, 5) is 29.9. The first-order valence-corrected chi connectivity index (χ1v) is 17.7. The third kappa shape index (κ3) is 9.73. The van der Waals surface area contributed by atoms with Gasteiger partial charge < -0.3 is 15.0 Å². The molecule has 0 saturated heterocycles. The van der Waals surface area contributed by atoms with E-state index in [1.54, 1.807) is 55.5 Å². The van der Waals surface area contributed by atoms with Gasteiger partial charge in [0, 0.05) is 29.6 Å². The predicted molar refractivity (Wildman–Crippen MR) is 187 cm³/mol. The van der Waals surface area contributed by atoms with Crippen LogP contribution in [-0.4, -0.2) is 50.9 Å². The van der Waals surface area contributed by atoms with Crippen LogP contribution in [0.1, 0.15) is 37.8 Å². The second kappa shape index (κ2) is 17.2. The second-order valence-electron chi connectivity index (χ2n) is 10.9. The van der Waals surface area contributed by atoms with Crippen LogP contribution in [0.3, 0.4) is 0 Å². The van der Waals surface area contributed by atoms with Crippen LogP contribution in [0.15, 0.2) is 108 Å². The monoisotopic (exact) mass is 695 g/mol. The molecule has 0 spiro atoms. The quantitative estimate of drug-likeness (QED) is 0.126. The van der Waals surface area contributed by atoms with E-state index < -0.39 is 28.5 Å². The molecule has 0 saturated carbocycles. The largest absolute Gasteiger partial charge is 0.492 e. The van der Waals surface area contributed by atoms with Gasteiger partial charge >= 0.3 is 0 Å². The summed E-state index contributed by atoms with van der Waals surface area (Å²) in [7, 11) is -4.31. The predicted octanol–water partition coefficient (Wildman–Crippen LogP) is 7.14. The Kier molecular flexibility index (Phi) is 13.1. The van der Waals surface area contributed by atoms with E-state index in [-0.39, 0.29) is 36.1 Å². The van der Waals surface area contributed by atoms with Crippen LogP contribution in [0.5, 0.6) is 5.75 Å². The van der Waals surface area contributed by atoms with E-state index >= 15 is 0 Å². The van der Waals surface area contributed by atoms with Gasteiger partial charge in [-0.2, -0.15) is 0 Å². The Morgan fingerprint density at radius 2 is 1.43 bits per heavy atom. The van der Waals surface area contributed by atoms with E-state index in [0.717, 1.165) is 28.3 Å². The number of anilines is 1. The van der Waals surface area contributed by atoms with Crippen molar-refractivity contribution in [1.29, 1.82) is 0 Å². The number of carbonyl (C=O) groups is 2. The Bertz CT molecular complexity index is 1720. The van der Waals surface area contributed by atoms with Crippen LogP contribution < -0.4 is 14.4 Å². The molecule has 0 aromatic heterocycles. The lowest BCUT2D eigenvalue weighted by Gasteiger charge is -2.34. The first-order chi connectivity index (χ1) is 22.6. The Labute approximate surface area is 287 Å². The number of hydrogen-bond acceptors (Lipinski definition) is 5. The summed E-state index contributed by atoms with van der Waals surface area (Å²) < 4.78 is 35.4. The zero-order valence-electron chi connectivity index (χ0n) is 26.4. The molecule has 8 nitrogen and oxygen atoms in total. The van der Waals surface area contributed by atoms with Crippen molar-refractivity contribution in [3.63, 3.8) is 0 Å². The molecule has 0 aliphatic carbocycles. The van der Waals surface area contributed by atoms with Crippen LogP contribution in [0.25, 0.3) is 0 Å². The molecule has 1 atom stereocenters. The number of sulfonamides is 1. The molecule has 0 radical (unpaired) electrons. The number of hydrogen-bond donors (Lipinski definition) is 1. The first-order valence-electron chi connectivity index (χ1n) is 15.5. The van der Waals surface area contributed by atoms with Gasteiger partial charge in [0.2, 0.25) is 11.8 Å². The van der Waals surface area contributed by atoms with E-state index in [4.69, 9.17) is 27.9 Å². The fourth-order valence-electron chi connectivity index (χ4n) is 5.03. The summed E-state index contributed by atoms with van der Waals surface area (Å²) in [6.07, 6.45) is 1.88. The van der Waals surface area contributed by atoms with E-state index in [1.807, 2.05) is 37.3 Å². The topological polar surface area (TPSA) is 96.0 Å². The number of nitrogens with zero attached hydrogens (tertiary/aromatic N) is 2. The maximum absolute atomic E-state index is 14.6. The van der Waals surface area contributed by atoms with Crippen molar-refractivity contribution >= 4 is 50.7 Å². The normalized spacial score (nSPS) is 11.8. The zero-order valence-corrected chi connectivity index (χ0v) is 28.8. The van der Waals surface area contributed by atoms with Gasteiger partial charge in [0.1, 0.15) is 18.3 Å². The van der Waals surface area contributed by atoms with Gasteiger partial charge in [-0.05, 0) is 73.0 Å². The maximum Gasteiger partial charge on any atom is 0.264 e. The molecule has 11 heteroatoms. The fraction of sp³-hybridized carbons (Fsp3) is 0.278. The minimum atomic E-state index is -4.31. The lowest BCUT2D eigenvalue weighted by Crippen LogP contribution is -2.53. The molecule has 0 unspecified atom stereocenters. The third-order valence-electron chi connectivity index (χ3n) is 7.48.